The smallest absolute Gasteiger partial charge is 0.103 e. The van der Waals surface area contributed by atoms with Gasteiger partial charge in [0.1, 0.15) is 13.1 Å². The number of hydrogen-bond donors (Lipinski definition) is 2. The fourth-order valence-electron chi connectivity index (χ4n) is 1.52. The predicted molar refractivity (Wildman–Crippen MR) is 56.2 cm³/mol. The Bertz CT molecular complexity index is 141. The fourth-order valence-corrected chi connectivity index (χ4v) is 1.52. The van der Waals surface area contributed by atoms with Crippen LogP contribution < -0.4 is 0 Å². The van der Waals surface area contributed by atoms with E-state index in [1.54, 1.807) is 0 Å². The SMILES string of the molecule is C=CC[N+](CC=C)(CCO)CCO.[OH-]. The largest absolute Gasteiger partial charge is 0.870 e. The molecule has 0 radical (unpaired) electrons. The molecule has 0 aromatic heterocycles. The van der Waals surface area contributed by atoms with E-state index in [1.807, 2.05) is 12.2 Å². The lowest BCUT2D eigenvalue weighted by Gasteiger charge is -2.35. The van der Waals surface area contributed by atoms with Crippen molar-refractivity contribution >= 4 is 0 Å². The number of quaternary nitrogens is 1. The summed E-state index contributed by atoms with van der Waals surface area (Å²) in [4.78, 5) is 0. The molecule has 0 amide bonds. The lowest BCUT2D eigenvalue weighted by Crippen LogP contribution is -2.51. The topological polar surface area (TPSA) is 70.5 Å². The second kappa shape index (κ2) is 8.90. The van der Waals surface area contributed by atoms with Gasteiger partial charge in [0.15, 0.2) is 0 Å². The van der Waals surface area contributed by atoms with Crippen LogP contribution in [0.3, 0.4) is 0 Å². The Kier molecular flexibility index (Phi) is 10.0. The average Bonchev–Trinajstić information content (AvgIpc) is 2.06. The van der Waals surface area contributed by atoms with Gasteiger partial charge in [-0.15, -0.1) is 0 Å². The second-order valence-corrected chi connectivity index (χ2v) is 3.18. The Labute approximate surface area is 85.7 Å². The highest BCUT2D eigenvalue weighted by Crippen LogP contribution is 2.06. The first-order chi connectivity index (χ1) is 6.24. The lowest BCUT2D eigenvalue weighted by molar-refractivity contribution is -0.917. The Morgan fingerprint density at radius 1 is 0.929 bits per heavy atom. The highest BCUT2D eigenvalue weighted by Gasteiger charge is 2.22. The zero-order valence-corrected chi connectivity index (χ0v) is 8.60. The van der Waals surface area contributed by atoms with E-state index >= 15 is 0 Å². The standard InChI is InChI=1S/C10H20NO2.H2O/c1-3-5-11(6-4-2,7-9-12)8-10-13;/h3-4,12-13H,1-2,5-10H2;1H2/q+1;/p-1. The molecule has 0 spiro atoms. The summed E-state index contributed by atoms with van der Waals surface area (Å²) in [6.45, 7) is 10.4. The molecule has 0 bridgehead atoms. The fraction of sp³-hybridized carbons (Fsp3) is 0.600. The zero-order chi connectivity index (χ0) is 10.2. The highest BCUT2D eigenvalue weighted by molar-refractivity contribution is 4.72. The third kappa shape index (κ3) is 5.14. The van der Waals surface area contributed by atoms with Gasteiger partial charge in [-0.1, -0.05) is 13.2 Å². The summed E-state index contributed by atoms with van der Waals surface area (Å²) < 4.78 is 0.639. The van der Waals surface area contributed by atoms with Crippen molar-refractivity contribution in [3.8, 4) is 0 Å². The van der Waals surface area contributed by atoms with Crippen molar-refractivity contribution < 1.29 is 20.2 Å². The zero-order valence-electron chi connectivity index (χ0n) is 8.60. The molecular formula is C10H21NO3. The third-order valence-electron chi connectivity index (χ3n) is 2.18. The van der Waals surface area contributed by atoms with Crippen LogP contribution in [0, 0.1) is 0 Å². The second-order valence-electron chi connectivity index (χ2n) is 3.18. The molecule has 0 aliphatic rings. The molecule has 0 rings (SSSR count). The number of hydrogen-bond acceptors (Lipinski definition) is 3. The molecule has 0 saturated heterocycles. The summed E-state index contributed by atoms with van der Waals surface area (Å²) in [6, 6.07) is 0. The van der Waals surface area contributed by atoms with Gasteiger partial charge in [-0.2, -0.15) is 0 Å². The quantitative estimate of drug-likeness (QED) is 0.430. The molecule has 0 saturated carbocycles. The number of nitrogens with zero attached hydrogens (tertiary/aromatic N) is 1. The maximum atomic E-state index is 8.92. The Balaban J connectivity index is 0. The van der Waals surface area contributed by atoms with Crippen LogP contribution >= 0.6 is 0 Å². The molecule has 0 aliphatic carbocycles. The number of rotatable bonds is 8. The molecule has 0 heterocycles. The van der Waals surface area contributed by atoms with E-state index < -0.39 is 0 Å². The molecule has 0 aliphatic heterocycles. The van der Waals surface area contributed by atoms with Crippen molar-refractivity contribution in [2.45, 2.75) is 0 Å². The first kappa shape index (κ1) is 15.8. The van der Waals surface area contributed by atoms with Crippen LogP contribution in [0.5, 0.6) is 0 Å². The Morgan fingerprint density at radius 3 is 1.50 bits per heavy atom. The number of aliphatic hydroxyl groups is 2. The van der Waals surface area contributed by atoms with Gasteiger partial charge in [0, 0.05) is 0 Å². The van der Waals surface area contributed by atoms with E-state index in [9.17, 15) is 0 Å². The molecule has 0 fully saturated rings. The van der Waals surface area contributed by atoms with E-state index in [2.05, 4.69) is 13.2 Å². The monoisotopic (exact) mass is 203 g/mol. The summed E-state index contributed by atoms with van der Waals surface area (Å²) in [6.07, 6.45) is 3.63. The van der Waals surface area contributed by atoms with Crippen LogP contribution in [-0.4, -0.2) is 59.6 Å². The summed E-state index contributed by atoms with van der Waals surface area (Å²) in [5.74, 6) is 0. The summed E-state index contributed by atoms with van der Waals surface area (Å²) >= 11 is 0. The predicted octanol–water partition coefficient (Wildman–Crippen LogP) is -0.0170. The van der Waals surface area contributed by atoms with E-state index in [-0.39, 0.29) is 18.7 Å². The molecule has 3 N–H and O–H groups in total. The van der Waals surface area contributed by atoms with E-state index in [0.717, 1.165) is 13.1 Å². The van der Waals surface area contributed by atoms with Crippen molar-refractivity contribution in [1.82, 2.24) is 0 Å². The van der Waals surface area contributed by atoms with E-state index in [4.69, 9.17) is 10.2 Å². The molecule has 0 unspecified atom stereocenters. The van der Waals surface area contributed by atoms with Gasteiger partial charge in [0.05, 0.1) is 26.3 Å². The molecule has 4 nitrogen and oxygen atoms in total. The van der Waals surface area contributed by atoms with Crippen LogP contribution in [0.15, 0.2) is 25.3 Å². The minimum atomic E-state index is 0. The Hall–Kier alpha value is -0.680. The van der Waals surface area contributed by atoms with Gasteiger partial charge >= 0.3 is 0 Å². The maximum Gasteiger partial charge on any atom is 0.103 e. The first-order valence-corrected chi connectivity index (χ1v) is 4.53. The van der Waals surface area contributed by atoms with Gasteiger partial charge in [0.2, 0.25) is 0 Å². The van der Waals surface area contributed by atoms with E-state index in [1.165, 1.54) is 0 Å². The highest BCUT2D eigenvalue weighted by atomic mass is 16.3. The van der Waals surface area contributed by atoms with Crippen LogP contribution in [0.1, 0.15) is 0 Å². The molecule has 0 aromatic rings. The van der Waals surface area contributed by atoms with Gasteiger partial charge in [-0.25, -0.2) is 0 Å². The van der Waals surface area contributed by atoms with Gasteiger partial charge in [0.25, 0.3) is 0 Å². The third-order valence-corrected chi connectivity index (χ3v) is 2.18. The van der Waals surface area contributed by atoms with Crippen molar-refractivity contribution in [2.75, 3.05) is 39.4 Å². The van der Waals surface area contributed by atoms with Crippen molar-refractivity contribution in [2.24, 2.45) is 0 Å². The lowest BCUT2D eigenvalue weighted by atomic mass is 10.3. The van der Waals surface area contributed by atoms with Crippen LogP contribution in [-0.2, 0) is 0 Å². The molecule has 84 valence electrons. The van der Waals surface area contributed by atoms with Crippen molar-refractivity contribution in [3.63, 3.8) is 0 Å². The molecule has 0 aromatic carbocycles. The minimum Gasteiger partial charge on any atom is -0.870 e. The normalized spacial score (nSPS) is 10.4. The van der Waals surface area contributed by atoms with E-state index in [0.29, 0.717) is 17.6 Å². The summed E-state index contributed by atoms with van der Waals surface area (Å²) in [7, 11) is 0. The first-order valence-electron chi connectivity index (χ1n) is 4.53. The number of aliphatic hydroxyl groups excluding tert-OH is 2. The molecule has 4 heteroatoms. The van der Waals surface area contributed by atoms with Crippen molar-refractivity contribution in [3.05, 3.63) is 25.3 Å². The molecular weight excluding hydrogens is 182 g/mol. The van der Waals surface area contributed by atoms with Gasteiger partial charge in [-0.05, 0) is 12.2 Å². The Morgan fingerprint density at radius 2 is 1.29 bits per heavy atom. The van der Waals surface area contributed by atoms with Crippen LogP contribution in [0.4, 0.5) is 0 Å². The minimum absolute atomic E-state index is 0. The summed E-state index contributed by atoms with van der Waals surface area (Å²) in [5.41, 5.74) is 0. The average molecular weight is 203 g/mol. The summed E-state index contributed by atoms with van der Waals surface area (Å²) in [5, 5.41) is 17.8. The molecule has 14 heavy (non-hydrogen) atoms. The van der Waals surface area contributed by atoms with Crippen LogP contribution in [0.2, 0.25) is 0 Å². The maximum absolute atomic E-state index is 8.92. The van der Waals surface area contributed by atoms with Gasteiger partial charge < -0.3 is 20.2 Å². The van der Waals surface area contributed by atoms with Gasteiger partial charge in [-0.3, -0.25) is 0 Å². The van der Waals surface area contributed by atoms with Crippen molar-refractivity contribution in [1.29, 1.82) is 0 Å². The molecule has 0 atom stereocenters. The van der Waals surface area contributed by atoms with Crippen LogP contribution in [0.25, 0.3) is 0 Å².